The highest BCUT2D eigenvalue weighted by Crippen LogP contribution is 2.32. The van der Waals surface area contributed by atoms with Crippen LogP contribution in [0, 0.1) is 5.82 Å². The maximum atomic E-state index is 14.2. The molecule has 0 saturated carbocycles. The van der Waals surface area contributed by atoms with Crippen molar-refractivity contribution in [1.29, 1.82) is 0 Å². The molecular weight excluding hydrogens is 445 g/mol. The molecule has 7 nitrogen and oxygen atoms in total. The van der Waals surface area contributed by atoms with E-state index in [9.17, 15) is 14.0 Å². The Bertz CT molecular complexity index is 1210. The number of fused-ring (bicyclic) bond motifs is 1. The number of thiazole rings is 1. The molecule has 2 heterocycles. The molecule has 0 saturated heterocycles. The SMILES string of the molecule is CC(=O)N(c1nc(/C=C/C(=O)N(C)Cc2ccc3c(c2)OCCO3)cs1)c1ccccc1F. The first-order chi connectivity index (χ1) is 15.9. The van der Waals surface area contributed by atoms with Gasteiger partial charge in [0.2, 0.25) is 11.8 Å². The van der Waals surface area contributed by atoms with Gasteiger partial charge in [0.1, 0.15) is 19.0 Å². The summed E-state index contributed by atoms with van der Waals surface area (Å²) in [6.07, 6.45) is 2.99. The normalized spacial score (nSPS) is 12.6. The Morgan fingerprint density at radius 1 is 1.15 bits per heavy atom. The lowest BCUT2D eigenvalue weighted by Crippen LogP contribution is -2.24. The smallest absolute Gasteiger partial charge is 0.246 e. The van der Waals surface area contributed by atoms with E-state index in [-0.39, 0.29) is 17.5 Å². The number of rotatable bonds is 6. The van der Waals surface area contributed by atoms with Crippen LogP contribution in [0.4, 0.5) is 15.2 Å². The van der Waals surface area contributed by atoms with Gasteiger partial charge >= 0.3 is 0 Å². The fourth-order valence-corrected chi connectivity index (χ4v) is 4.17. The van der Waals surface area contributed by atoms with Gasteiger partial charge in [-0.25, -0.2) is 9.37 Å². The predicted molar refractivity (Wildman–Crippen MR) is 124 cm³/mol. The Hall–Kier alpha value is -3.72. The molecule has 0 bridgehead atoms. The predicted octanol–water partition coefficient (Wildman–Crippen LogP) is 4.41. The summed E-state index contributed by atoms with van der Waals surface area (Å²) in [5, 5.41) is 2.03. The second-order valence-electron chi connectivity index (χ2n) is 7.37. The van der Waals surface area contributed by atoms with Gasteiger partial charge in [0.25, 0.3) is 0 Å². The van der Waals surface area contributed by atoms with Crippen molar-refractivity contribution in [2.45, 2.75) is 13.5 Å². The van der Waals surface area contributed by atoms with Crippen molar-refractivity contribution >= 4 is 40.0 Å². The Morgan fingerprint density at radius 2 is 1.91 bits per heavy atom. The molecule has 0 aliphatic carbocycles. The molecule has 2 amide bonds. The van der Waals surface area contributed by atoms with Gasteiger partial charge in [-0.05, 0) is 35.9 Å². The van der Waals surface area contributed by atoms with E-state index in [1.54, 1.807) is 35.5 Å². The van der Waals surface area contributed by atoms with Crippen molar-refractivity contribution in [2.75, 3.05) is 25.2 Å². The highest BCUT2D eigenvalue weighted by Gasteiger charge is 2.20. The number of halogens is 1. The lowest BCUT2D eigenvalue weighted by Gasteiger charge is -2.20. The average molecular weight is 468 g/mol. The minimum absolute atomic E-state index is 0.130. The first kappa shape index (κ1) is 22.5. The van der Waals surface area contributed by atoms with E-state index in [0.717, 1.165) is 5.56 Å². The van der Waals surface area contributed by atoms with Crippen molar-refractivity contribution in [3.05, 3.63) is 71.0 Å². The first-order valence-corrected chi connectivity index (χ1v) is 11.1. The number of hydrogen-bond donors (Lipinski definition) is 0. The second-order valence-corrected chi connectivity index (χ2v) is 8.20. The van der Waals surface area contributed by atoms with Crippen molar-refractivity contribution in [3.63, 3.8) is 0 Å². The summed E-state index contributed by atoms with van der Waals surface area (Å²) >= 11 is 1.19. The third-order valence-electron chi connectivity index (χ3n) is 4.91. The number of ether oxygens (including phenoxy) is 2. The monoisotopic (exact) mass is 467 g/mol. The van der Waals surface area contributed by atoms with E-state index < -0.39 is 5.82 Å². The van der Waals surface area contributed by atoms with E-state index in [1.807, 2.05) is 18.2 Å². The van der Waals surface area contributed by atoms with E-state index in [2.05, 4.69) is 4.98 Å². The molecule has 0 unspecified atom stereocenters. The molecule has 1 aromatic heterocycles. The van der Waals surface area contributed by atoms with Crippen LogP contribution in [-0.2, 0) is 16.1 Å². The molecule has 9 heteroatoms. The van der Waals surface area contributed by atoms with Crippen LogP contribution in [0.5, 0.6) is 11.5 Å². The fraction of sp³-hybridized carbons (Fsp3) is 0.208. The minimum Gasteiger partial charge on any atom is -0.486 e. The average Bonchev–Trinajstić information content (AvgIpc) is 3.27. The van der Waals surface area contributed by atoms with Gasteiger partial charge in [-0.3, -0.25) is 14.5 Å². The van der Waals surface area contributed by atoms with Crippen LogP contribution in [0.3, 0.4) is 0 Å². The zero-order valence-corrected chi connectivity index (χ0v) is 19.0. The van der Waals surface area contributed by atoms with Crippen LogP contribution < -0.4 is 14.4 Å². The van der Waals surface area contributed by atoms with Crippen LogP contribution in [0.2, 0.25) is 0 Å². The Balaban J connectivity index is 1.43. The number of amides is 2. The number of anilines is 2. The molecule has 1 aliphatic rings. The summed E-state index contributed by atoms with van der Waals surface area (Å²) in [6.45, 7) is 2.77. The molecule has 0 fully saturated rings. The van der Waals surface area contributed by atoms with Crippen LogP contribution in [-0.4, -0.2) is 42.0 Å². The van der Waals surface area contributed by atoms with Crippen LogP contribution in [0.15, 0.2) is 53.9 Å². The molecular formula is C24H22FN3O4S. The molecule has 0 radical (unpaired) electrons. The van der Waals surface area contributed by atoms with Gasteiger partial charge in [0.05, 0.1) is 11.4 Å². The van der Waals surface area contributed by atoms with Gasteiger partial charge in [-0.1, -0.05) is 18.2 Å². The Kier molecular flexibility index (Phi) is 6.69. The zero-order valence-electron chi connectivity index (χ0n) is 18.2. The maximum absolute atomic E-state index is 14.2. The van der Waals surface area contributed by atoms with Crippen molar-refractivity contribution in [1.82, 2.24) is 9.88 Å². The fourth-order valence-electron chi connectivity index (χ4n) is 3.32. The molecule has 0 atom stereocenters. The number of nitrogens with zero attached hydrogens (tertiary/aromatic N) is 3. The zero-order chi connectivity index (χ0) is 23.4. The Labute approximate surface area is 194 Å². The highest BCUT2D eigenvalue weighted by molar-refractivity contribution is 7.14. The molecule has 4 rings (SSSR count). The highest BCUT2D eigenvalue weighted by atomic mass is 32.1. The number of para-hydroxylation sites is 1. The van der Waals surface area contributed by atoms with Gasteiger partial charge in [-0.2, -0.15) is 0 Å². The number of aromatic nitrogens is 1. The summed E-state index contributed by atoms with van der Waals surface area (Å²) in [6, 6.07) is 11.6. The number of benzene rings is 2. The molecule has 0 N–H and O–H groups in total. The molecule has 1 aliphatic heterocycles. The van der Waals surface area contributed by atoms with Crippen molar-refractivity contribution in [3.8, 4) is 11.5 Å². The number of carbonyl (C=O) groups excluding carboxylic acids is 2. The summed E-state index contributed by atoms with van der Waals surface area (Å²) in [5.74, 6) is 0.288. The van der Waals surface area contributed by atoms with Crippen molar-refractivity contribution < 1.29 is 23.5 Å². The lowest BCUT2D eigenvalue weighted by atomic mass is 10.2. The lowest BCUT2D eigenvalue weighted by molar-refractivity contribution is -0.125. The van der Waals surface area contributed by atoms with Gasteiger partial charge in [-0.15, -0.1) is 11.3 Å². The quantitative estimate of drug-likeness (QED) is 0.502. The van der Waals surface area contributed by atoms with Crippen LogP contribution >= 0.6 is 11.3 Å². The van der Waals surface area contributed by atoms with Gasteiger partial charge in [0, 0.05) is 32.0 Å². The minimum atomic E-state index is -0.518. The maximum Gasteiger partial charge on any atom is 0.246 e. The van der Waals surface area contributed by atoms with E-state index in [0.29, 0.717) is 42.1 Å². The van der Waals surface area contributed by atoms with Crippen LogP contribution in [0.1, 0.15) is 18.2 Å². The van der Waals surface area contributed by atoms with Gasteiger partial charge in [0.15, 0.2) is 16.6 Å². The summed E-state index contributed by atoms with van der Waals surface area (Å²) in [5.41, 5.74) is 1.55. The van der Waals surface area contributed by atoms with E-state index >= 15 is 0 Å². The topological polar surface area (TPSA) is 72.0 Å². The first-order valence-electron chi connectivity index (χ1n) is 10.2. The number of hydrogen-bond acceptors (Lipinski definition) is 6. The molecule has 0 spiro atoms. The molecule has 170 valence electrons. The summed E-state index contributed by atoms with van der Waals surface area (Å²) < 4.78 is 25.3. The summed E-state index contributed by atoms with van der Waals surface area (Å²) in [4.78, 5) is 31.9. The van der Waals surface area contributed by atoms with Crippen LogP contribution in [0.25, 0.3) is 6.08 Å². The molecule has 2 aromatic carbocycles. The number of carbonyl (C=O) groups is 2. The summed E-state index contributed by atoms with van der Waals surface area (Å²) in [7, 11) is 1.70. The molecule has 3 aromatic rings. The van der Waals surface area contributed by atoms with E-state index in [1.165, 1.54) is 41.4 Å². The third-order valence-corrected chi connectivity index (χ3v) is 5.75. The number of likely N-dealkylation sites (N-methyl/N-ethyl adjacent to an activating group) is 1. The third kappa shape index (κ3) is 5.20. The standard InChI is InChI=1S/C24H22FN3O4S/c1-16(29)28(20-6-4-3-5-19(20)25)24-26-18(15-33-24)8-10-23(30)27(2)14-17-7-9-21-22(13-17)32-12-11-31-21/h3-10,13,15H,11-12,14H2,1-2H3/b10-8+. The van der Waals surface area contributed by atoms with E-state index in [4.69, 9.17) is 9.47 Å². The molecule has 33 heavy (non-hydrogen) atoms. The van der Waals surface area contributed by atoms with Gasteiger partial charge < -0.3 is 14.4 Å². The van der Waals surface area contributed by atoms with Crippen molar-refractivity contribution in [2.24, 2.45) is 0 Å². The largest absolute Gasteiger partial charge is 0.486 e. The Morgan fingerprint density at radius 3 is 2.67 bits per heavy atom. The second kappa shape index (κ2) is 9.83.